The van der Waals surface area contributed by atoms with E-state index in [1.165, 1.54) is 6.07 Å². The number of hydrogen-bond donors (Lipinski definition) is 2. The van der Waals surface area contributed by atoms with E-state index in [0.29, 0.717) is 24.9 Å². The van der Waals surface area contributed by atoms with Crippen molar-refractivity contribution in [1.29, 1.82) is 0 Å². The van der Waals surface area contributed by atoms with E-state index in [4.69, 9.17) is 0 Å². The Hall–Kier alpha value is -2.21. The van der Waals surface area contributed by atoms with E-state index >= 15 is 0 Å². The summed E-state index contributed by atoms with van der Waals surface area (Å²) in [5.74, 6) is -0.321. The van der Waals surface area contributed by atoms with Gasteiger partial charge in [-0.05, 0) is 19.4 Å². The largest absolute Gasteiger partial charge is 0.348 e. The van der Waals surface area contributed by atoms with Crippen LogP contribution in [0.15, 0.2) is 30.5 Å². The zero-order valence-corrected chi connectivity index (χ0v) is 13.3. The standard InChI is InChI=1S/C17H21FN4O/c1-11-12(10-20-22(11)2)9-19-15-7-8-16(23)21-17(15)13-5-3-4-6-14(13)18/h3-6,10,15,17,19H,7-9H2,1-2H3,(H,21,23)/t15-,17+/m1/s1. The van der Waals surface area contributed by atoms with E-state index in [1.807, 2.05) is 24.9 Å². The summed E-state index contributed by atoms with van der Waals surface area (Å²) < 4.78 is 15.9. The average Bonchev–Trinajstić information content (AvgIpc) is 2.86. The third-order valence-electron chi connectivity index (χ3n) is 4.53. The van der Waals surface area contributed by atoms with Gasteiger partial charge in [0.05, 0.1) is 12.2 Å². The number of carbonyl (C=O) groups excluding carboxylic acids is 1. The van der Waals surface area contributed by atoms with Crippen molar-refractivity contribution < 1.29 is 9.18 Å². The molecule has 1 saturated heterocycles. The first-order valence-electron chi connectivity index (χ1n) is 7.81. The van der Waals surface area contributed by atoms with Gasteiger partial charge in [-0.2, -0.15) is 5.10 Å². The highest BCUT2D eigenvalue weighted by atomic mass is 19.1. The van der Waals surface area contributed by atoms with E-state index in [-0.39, 0.29) is 23.8 Å². The van der Waals surface area contributed by atoms with Crippen LogP contribution in [0.5, 0.6) is 0 Å². The summed E-state index contributed by atoms with van der Waals surface area (Å²) in [6.07, 6.45) is 2.97. The molecule has 0 bridgehead atoms. The van der Waals surface area contributed by atoms with Crippen molar-refractivity contribution in [2.75, 3.05) is 0 Å². The van der Waals surface area contributed by atoms with Gasteiger partial charge >= 0.3 is 0 Å². The third kappa shape index (κ3) is 3.27. The molecule has 1 fully saturated rings. The van der Waals surface area contributed by atoms with Gasteiger partial charge in [0.1, 0.15) is 5.82 Å². The molecule has 0 radical (unpaired) electrons. The smallest absolute Gasteiger partial charge is 0.220 e. The fraction of sp³-hybridized carbons (Fsp3) is 0.412. The highest BCUT2D eigenvalue weighted by molar-refractivity contribution is 5.77. The molecule has 0 saturated carbocycles. The molecule has 0 aliphatic carbocycles. The van der Waals surface area contributed by atoms with Gasteiger partial charge in [0.15, 0.2) is 0 Å². The Morgan fingerprint density at radius 3 is 2.91 bits per heavy atom. The van der Waals surface area contributed by atoms with Gasteiger partial charge < -0.3 is 10.6 Å². The molecule has 2 heterocycles. The predicted molar refractivity (Wildman–Crippen MR) is 85.1 cm³/mol. The van der Waals surface area contributed by atoms with E-state index in [1.54, 1.807) is 18.2 Å². The first-order chi connectivity index (χ1) is 11.1. The Bertz CT molecular complexity index is 712. The van der Waals surface area contributed by atoms with Gasteiger partial charge in [-0.15, -0.1) is 0 Å². The molecule has 0 unspecified atom stereocenters. The predicted octanol–water partition coefficient (Wildman–Crippen LogP) is 1.98. The number of benzene rings is 1. The van der Waals surface area contributed by atoms with Crippen molar-refractivity contribution in [3.8, 4) is 0 Å². The fourth-order valence-corrected chi connectivity index (χ4v) is 3.00. The molecule has 6 heteroatoms. The van der Waals surface area contributed by atoms with E-state index in [2.05, 4.69) is 15.7 Å². The molecule has 5 nitrogen and oxygen atoms in total. The number of carbonyl (C=O) groups is 1. The van der Waals surface area contributed by atoms with Gasteiger partial charge in [-0.3, -0.25) is 9.48 Å². The Morgan fingerprint density at radius 2 is 2.22 bits per heavy atom. The minimum Gasteiger partial charge on any atom is -0.348 e. The van der Waals surface area contributed by atoms with Gasteiger partial charge in [0, 0.05) is 42.9 Å². The van der Waals surface area contributed by atoms with Crippen LogP contribution in [0.25, 0.3) is 0 Å². The lowest BCUT2D eigenvalue weighted by atomic mass is 9.91. The highest BCUT2D eigenvalue weighted by Gasteiger charge is 2.31. The number of piperidine rings is 1. The van der Waals surface area contributed by atoms with Crippen LogP contribution in [0.2, 0.25) is 0 Å². The number of amides is 1. The summed E-state index contributed by atoms with van der Waals surface area (Å²) in [5, 5.41) is 10.6. The van der Waals surface area contributed by atoms with Crippen molar-refractivity contribution in [2.24, 2.45) is 7.05 Å². The van der Waals surface area contributed by atoms with Crippen molar-refractivity contribution in [3.63, 3.8) is 0 Å². The lowest BCUT2D eigenvalue weighted by Crippen LogP contribution is -2.48. The molecule has 1 aromatic heterocycles. The van der Waals surface area contributed by atoms with Crippen molar-refractivity contribution in [3.05, 3.63) is 53.1 Å². The summed E-state index contributed by atoms with van der Waals surface area (Å²) in [6.45, 7) is 2.66. The minimum atomic E-state index is -0.352. The molecule has 0 spiro atoms. The molecular formula is C17H21FN4O. The second-order valence-electron chi connectivity index (χ2n) is 5.97. The number of aryl methyl sites for hydroxylation is 1. The monoisotopic (exact) mass is 316 g/mol. The lowest BCUT2D eigenvalue weighted by molar-refractivity contribution is -0.123. The van der Waals surface area contributed by atoms with Crippen LogP contribution in [0, 0.1) is 12.7 Å². The molecular weight excluding hydrogens is 295 g/mol. The number of aromatic nitrogens is 2. The molecule has 3 rings (SSSR count). The second-order valence-corrected chi connectivity index (χ2v) is 5.97. The number of nitrogens with zero attached hydrogens (tertiary/aromatic N) is 2. The molecule has 2 aromatic rings. The highest BCUT2D eigenvalue weighted by Crippen LogP contribution is 2.26. The van der Waals surface area contributed by atoms with Crippen molar-refractivity contribution in [1.82, 2.24) is 20.4 Å². The maximum Gasteiger partial charge on any atom is 0.220 e. The molecule has 122 valence electrons. The van der Waals surface area contributed by atoms with Crippen LogP contribution < -0.4 is 10.6 Å². The first kappa shape index (κ1) is 15.7. The molecule has 1 amide bonds. The van der Waals surface area contributed by atoms with Crippen LogP contribution in [0.1, 0.15) is 35.7 Å². The van der Waals surface area contributed by atoms with Crippen LogP contribution in [-0.4, -0.2) is 21.7 Å². The van der Waals surface area contributed by atoms with Gasteiger partial charge in [-0.1, -0.05) is 18.2 Å². The summed E-state index contributed by atoms with van der Waals surface area (Å²) in [7, 11) is 1.90. The van der Waals surface area contributed by atoms with Crippen LogP contribution in [-0.2, 0) is 18.4 Å². The van der Waals surface area contributed by atoms with Crippen LogP contribution in [0.4, 0.5) is 4.39 Å². The number of hydrogen-bond acceptors (Lipinski definition) is 3. The van der Waals surface area contributed by atoms with Crippen molar-refractivity contribution >= 4 is 5.91 Å². The third-order valence-corrected chi connectivity index (χ3v) is 4.53. The van der Waals surface area contributed by atoms with E-state index in [0.717, 1.165) is 11.3 Å². The van der Waals surface area contributed by atoms with Gasteiger partial charge in [0.25, 0.3) is 0 Å². The maximum absolute atomic E-state index is 14.1. The second kappa shape index (κ2) is 6.50. The topological polar surface area (TPSA) is 59.0 Å². The quantitative estimate of drug-likeness (QED) is 0.907. The van der Waals surface area contributed by atoms with Gasteiger partial charge in [-0.25, -0.2) is 4.39 Å². The fourth-order valence-electron chi connectivity index (χ4n) is 3.00. The van der Waals surface area contributed by atoms with Gasteiger partial charge in [0.2, 0.25) is 5.91 Å². The zero-order valence-electron chi connectivity index (χ0n) is 13.3. The Morgan fingerprint density at radius 1 is 1.43 bits per heavy atom. The van der Waals surface area contributed by atoms with E-state index < -0.39 is 0 Å². The Balaban J connectivity index is 1.77. The minimum absolute atomic E-state index is 0.00999. The number of nitrogens with one attached hydrogen (secondary N) is 2. The molecule has 2 atom stereocenters. The Kier molecular flexibility index (Phi) is 4.43. The normalized spacial score (nSPS) is 21.3. The molecule has 1 aliphatic heterocycles. The molecule has 1 aliphatic rings. The molecule has 2 N–H and O–H groups in total. The first-order valence-corrected chi connectivity index (χ1v) is 7.81. The SMILES string of the molecule is Cc1c(CN[C@@H]2CCC(=O)N[C@H]2c2ccccc2F)cnn1C. The van der Waals surface area contributed by atoms with E-state index in [9.17, 15) is 9.18 Å². The number of rotatable bonds is 4. The summed E-state index contributed by atoms with van der Waals surface area (Å²) in [4.78, 5) is 11.8. The zero-order chi connectivity index (χ0) is 16.4. The Labute approximate surface area is 134 Å². The summed E-state index contributed by atoms with van der Waals surface area (Å²) >= 11 is 0. The molecule has 23 heavy (non-hydrogen) atoms. The summed E-state index contributed by atoms with van der Waals surface area (Å²) in [5.41, 5.74) is 2.73. The number of halogens is 1. The maximum atomic E-state index is 14.1. The van der Waals surface area contributed by atoms with Crippen molar-refractivity contribution in [2.45, 2.75) is 38.4 Å². The lowest BCUT2D eigenvalue weighted by Gasteiger charge is -2.33. The van der Waals surface area contributed by atoms with Crippen LogP contribution >= 0.6 is 0 Å². The van der Waals surface area contributed by atoms with Crippen LogP contribution in [0.3, 0.4) is 0 Å². The summed E-state index contributed by atoms with van der Waals surface area (Å²) in [6, 6.07) is 6.25. The average molecular weight is 316 g/mol. The molecule has 1 aromatic carbocycles.